The lowest BCUT2D eigenvalue weighted by molar-refractivity contribution is 0.102. The lowest BCUT2D eigenvalue weighted by atomic mass is 10.1. The van der Waals surface area contributed by atoms with Gasteiger partial charge in [0.1, 0.15) is 0 Å². The van der Waals surface area contributed by atoms with Crippen LogP contribution in [0.5, 0.6) is 0 Å². The van der Waals surface area contributed by atoms with Gasteiger partial charge in [0.25, 0.3) is 5.91 Å². The average Bonchev–Trinajstić information content (AvgIpc) is 2.63. The second kappa shape index (κ2) is 7.58. The van der Waals surface area contributed by atoms with E-state index in [0.29, 0.717) is 16.7 Å². The van der Waals surface area contributed by atoms with Crippen molar-refractivity contribution in [2.24, 2.45) is 0 Å². The lowest BCUT2D eigenvalue weighted by Gasteiger charge is -2.09. The fourth-order valence-corrected chi connectivity index (χ4v) is 2.71. The summed E-state index contributed by atoms with van der Waals surface area (Å²) in [7, 11) is -2.16. The highest BCUT2D eigenvalue weighted by Gasteiger charge is 2.15. The zero-order valence-electron chi connectivity index (χ0n) is 13.9. The third-order valence-electron chi connectivity index (χ3n) is 3.72. The molecular formula is C18H17N4O3P. The molecule has 0 fully saturated rings. The molecule has 2 aromatic carbocycles. The number of hydrogen-bond acceptors (Lipinski definition) is 6. The Labute approximate surface area is 151 Å². The van der Waals surface area contributed by atoms with Crippen molar-refractivity contribution in [1.82, 2.24) is 9.97 Å². The molecule has 0 aliphatic carbocycles. The molecule has 0 aliphatic heterocycles. The minimum atomic E-state index is -2.16. The molecular weight excluding hydrogens is 351 g/mol. The zero-order valence-corrected chi connectivity index (χ0v) is 14.8. The van der Waals surface area contributed by atoms with E-state index < -0.39 is 14.3 Å². The van der Waals surface area contributed by atoms with Crippen LogP contribution >= 0.6 is 8.38 Å². The Kier molecular flexibility index (Phi) is 5.23. The summed E-state index contributed by atoms with van der Waals surface area (Å²) in [6.07, 6.45) is 1.52. The van der Waals surface area contributed by atoms with Gasteiger partial charge in [-0.2, -0.15) is 0 Å². The van der Waals surface area contributed by atoms with Gasteiger partial charge in [0, 0.05) is 16.6 Å². The fraction of sp³-hybridized carbons (Fsp3) is 0.0556. The smallest absolute Gasteiger partial charge is 0.278 e. The van der Waals surface area contributed by atoms with Gasteiger partial charge in [-0.1, -0.05) is 29.8 Å². The first-order valence-corrected chi connectivity index (χ1v) is 8.97. The predicted molar refractivity (Wildman–Crippen MR) is 102 cm³/mol. The number of carbonyl (C=O) groups is 1. The van der Waals surface area contributed by atoms with Crippen molar-refractivity contribution in [1.29, 1.82) is 0 Å². The van der Waals surface area contributed by atoms with Crippen LogP contribution in [0.3, 0.4) is 0 Å². The summed E-state index contributed by atoms with van der Waals surface area (Å²) < 4.78 is 0. The summed E-state index contributed by atoms with van der Waals surface area (Å²) in [4.78, 5) is 39.2. The van der Waals surface area contributed by atoms with Crippen LogP contribution in [0, 0.1) is 6.92 Å². The Morgan fingerprint density at radius 1 is 1.08 bits per heavy atom. The van der Waals surface area contributed by atoms with E-state index in [2.05, 4.69) is 15.3 Å². The fourth-order valence-electron chi connectivity index (χ4n) is 2.30. The first-order chi connectivity index (χ1) is 12.4. The summed E-state index contributed by atoms with van der Waals surface area (Å²) >= 11 is 0. The number of benzene rings is 2. The molecule has 0 saturated heterocycles. The first kappa shape index (κ1) is 17.9. The Bertz CT molecular complexity index is 928. The summed E-state index contributed by atoms with van der Waals surface area (Å²) in [6, 6.07) is 13.9. The van der Waals surface area contributed by atoms with Gasteiger partial charge in [-0.3, -0.25) is 4.79 Å². The molecule has 3 rings (SSSR count). The van der Waals surface area contributed by atoms with Gasteiger partial charge in [-0.15, -0.1) is 0 Å². The highest BCUT2D eigenvalue weighted by atomic mass is 31.2. The van der Waals surface area contributed by atoms with Crippen molar-refractivity contribution in [3.8, 4) is 11.3 Å². The predicted octanol–water partition coefficient (Wildman–Crippen LogP) is 2.21. The lowest BCUT2D eigenvalue weighted by Crippen LogP contribution is -2.17. The number of amides is 1. The van der Waals surface area contributed by atoms with Crippen LogP contribution in [0.4, 0.5) is 11.5 Å². The van der Waals surface area contributed by atoms with Gasteiger partial charge in [-0.05, 0) is 31.2 Å². The molecule has 1 amide bonds. The van der Waals surface area contributed by atoms with Gasteiger partial charge < -0.3 is 20.8 Å². The van der Waals surface area contributed by atoms with Crippen LogP contribution in [-0.2, 0) is 0 Å². The second-order valence-electron chi connectivity index (χ2n) is 5.65. The summed E-state index contributed by atoms with van der Waals surface area (Å²) in [5.41, 5.74) is 8.82. The number of rotatable bonds is 4. The molecule has 132 valence electrons. The molecule has 0 unspecified atom stereocenters. The van der Waals surface area contributed by atoms with Gasteiger partial charge in [0.05, 0.1) is 11.9 Å². The van der Waals surface area contributed by atoms with Gasteiger partial charge in [0.15, 0.2) is 19.9 Å². The van der Waals surface area contributed by atoms with E-state index >= 15 is 0 Å². The second-order valence-corrected chi connectivity index (χ2v) is 6.74. The largest absolute Gasteiger partial charge is 0.382 e. The first-order valence-electron chi connectivity index (χ1n) is 7.73. The van der Waals surface area contributed by atoms with Crippen LogP contribution in [0.1, 0.15) is 16.1 Å². The Morgan fingerprint density at radius 2 is 1.73 bits per heavy atom. The molecule has 0 radical (unpaired) electrons. The van der Waals surface area contributed by atoms with E-state index in [1.807, 2.05) is 31.2 Å². The van der Waals surface area contributed by atoms with Crippen molar-refractivity contribution < 1.29 is 14.6 Å². The van der Waals surface area contributed by atoms with E-state index in [9.17, 15) is 4.79 Å². The van der Waals surface area contributed by atoms with Crippen molar-refractivity contribution >= 4 is 31.1 Å². The number of aryl methyl sites for hydroxylation is 1. The van der Waals surface area contributed by atoms with Crippen LogP contribution in [-0.4, -0.2) is 25.7 Å². The molecule has 8 heteroatoms. The maximum atomic E-state index is 12.5. The summed E-state index contributed by atoms with van der Waals surface area (Å²) in [5.74, 6) is -0.462. The minimum Gasteiger partial charge on any atom is -0.382 e. The average molecular weight is 368 g/mol. The van der Waals surface area contributed by atoms with Gasteiger partial charge in [0.2, 0.25) is 0 Å². The Morgan fingerprint density at radius 3 is 2.35 bits per heavy atom. The van der Waals surface area contributed by atoms with E-state index in [1.165, 1.54) is 18.3 Å². The molecule has 0 aliphatic rings. The van der Waals surface area contributed by atoms with Crippen molar-refractivity contribution in [2.45, 2.75) is 6.92 Å². The number of anilines is 2. The molecule has 0 bridgehead atoms. The topological polar surface area (TPSA) is 121 Å². The van der Waals surface area contributed by atoms with E-state index in [-0.39, 0.29) is 11.5 Å². The molecule has 7 nitrogen and oxygen atoms in total. The standard InChI is InChI=1S/C18H17N4O3P/c1-11-2-4-12(5-3-11)15-10-20-17(19)16(22-15)18(23)21-13-6-8-14(9-7-13)26(24)25/h2-10,24-25H,1H3,(H2,19,20)(H,21,23). The monoisotopic (exact) mass is 368 g/mol. The highest BCUT2D eigenvalue weighted by Crippen LogP contribution is 2.23. The van der Waals surface area contributed by atoms with E-state index in [4.69, 9.17) is 15.5 Å². The maximum Gasteiger partial charge on any atom is 0.278 e. The minimum absolute atomic E-state index is 0.0266. The zero-order chi connectivity index (χ0) is 18.7. The third-order valence-corrected chi connectivity index (χ3v) is 4.48. The Hall–Kier alpha value is -2.86. The van der Waals surface area contributed by atoms with Crippen molar-refractivity contribution in [3.63, 3.8) is 0 Å². The third kappa shape index (κ3) is 4.03. The summed E-state index contributed by atoms with van der Waals surface area (Å²) in [5, 5.41) is 3.06. The van der Waals surface area contributed by atoms with Crippen LogP contribution in [0.15, 0.2) is 54.7 Å². The Balaban J connectivity index is 1.84. The van der Waals surface area contributed by atoms with E-state index in [0.717, 1.165) is 11.1 Å². The maximum absolute atomic E-state index is 12.5. The summed E-state index contributed by atoms with van der Waals surface area (Å²) in [6.45, 7) is 1.99. The number of aromatic nitrogens is 2. The van der Waals surface area contributed by atoms with Crippen LogP contribution in [0.2, 0.25) is 0 Å². The molecule has 3 aromatic rings. The molecule has 1 heterocycles. The number of hydrogen-bond donors (Lipinski definition) is 4. The highest BCUT2D eigenvalue weighted by molar-refractivity contribution is 7.54. The van der Waals surface area contributed by atoms with Crippen molar-refractivity contribution in [2.75, 3.05) is 11.1 Å². The van der Waals surface area contributed by atoms with Gasteiger partial charge in [-0.25, -0.2) is 9.97 Å². The SMILES string of the molecule is Cc1ccc(-c2cnc(N)c(C(=O)Nc3ccc(P(O)O)cc3)n2)cc1. The number of nitrogens with two attached hydrogens (primary N) is 1. The van der Waals surface area contributed by atoms with Crippen molar-refractivity contribution in [3.05, 3.63) is 66.0 Å². The molecule has 26 heavy (non-hydrogen) atoms. The van der Waals surface area contributed by atoms with Crippen LogP contribution < -0.4 is 16.4 Å². The molecule has 1 aromatic heterocycles. The number of nitrogens with zero attached hydrogens (tertiary/aromatic N) is 2. The quantitative estimate of drug-likeness (QED) is 0.524. The number of carbonyl (C=O) groups excluding carboxylic acids is 1. The number of nitrogen functional groups attached to an aromatic ring is 1. The molecule has 0 atom stereocenters. The molecule has 5 N–H and O–H groups in total. The van der Waals surface area contributed by atoms with E-state index in [1.54, 1.807) is 12.1 Å². The normalized spacial score (nSPS) is 10.8. The molecule has 0 saturated carbocycles. The van der Waals surface area contributed by atoms with Crippen LogP contribution in [0.25, 0.3) is 11.3 Å². The number of nitrogens with one attached hydrogen (secondary N) is 1. The van der Waals surface area contributed by atoms with Gasteiger partial charge >= 0.3 is 0 Å². The molecule has 0 spiro atoms.